The molecular weight excluding hydrogens is 414 g/mol. The molecule has 4 rings (SSSR count). The average Bonchev–Trinajstić information content (AvgIpc) is 2.79. The van der Waals surface area contributed by atoms with Crippen LogP contribution in [0.4, 0.5) is 10.5 Å². The molecule has 6 nitrogen and oxygen atoms in total. The smallest absolute Gasteiger partial charge is 0.324 e. The zero-order valence-electron chi connectivity index (χ0n) is 18.2. The Morgan fingerprint density at radius 3 is 2.77 bits per heavy atom. The molecule has 7 heteroatoms. The number of carbonyl (C=O) groups excluding carboxylic acids is 2. The number of halogens is 1. The summed E-state index contributed by atoms with van der Waals surface area (Å²) in [6.45, 7) is 4.33. The van der Waals surface area contributed by atoms with Gasteiger partial charge in [-0.2, -0.15) is 0 Å². The van der Waals surface area contributed by atoms with Crippen molar-refractivity contribution in [1.82, 2.24) is 10.2 Å². The Bertz CT molecular complexity index is 848. The van der Waals surface area contributed by atoms with Crippen LogP contribution in [0.3, 0.4) is 0 Å². The van der Waals surface area contributed by atoms with Crippen molar-refractivity contribution in [2.75, 3.05) is 31.1 Å². The largest absolute Gasteiger partial charge is 0.487 e. The number of nitrogens with one attached hydrogen (secondary N) is 1. The third kappa shape index (κ3) is 5.35. The maximum atomic E-state index is 13.2. The van der Waals surface area contributed by atoms with Gasteiger partial charge >= 0.3 is 6.03 Å². The van der Waals surface area contributed by atoms with E-state index in [2.05, 4.69) is 11.4 Å². The van der Waals surface area contributed by atoms with Gasteiger partial charge in [0.2, 0.25) is 5.91 Å². The van der Waals surface area contributed by atoms with Crippen LogP contribution >= 0.6 is 11.6 Å². The molecule has 1 aromatic carbocycles. The highest BCUT2D eigenvalue weighted by molar-refractivity contribution is 6.31. The lowest BCUT2D eigenvalue weighted by atomic mass is 9.95. The number of likely N-dealkylation sites (tertiary alicyclic amines) is 1. The van der Waals surface area contributed by atoms with Crippen LogP contribution in [0.15, 0.2) is 29.8 Å². The van der Waals surface area contributed by atoms with Gasteiger partial charge in [-0.05, 0) is 70.1 Å². The summed E-state index contributed by atoms with van der Waals surface area (Å²) in [6.07, 6.45) is 9.50. The fourth-order valence-electron chi connectivity index (χ4n) is 4.72. The van der Waals surface area contributed by atoms with Crippen molar-refractivity contribution in [3.63, 3.8) is 0 Å². The number of hydrogen-bond donors (Lipinski definition) is 1. The first-order chi connectivity index (χ1) is 15.0. The molecule has 0 saturated carbocycles. The van der Waals surface area contributed by atoms with E-state index in [1.807, 2.05) is 17.9 Å². The van der Waals surface area contributed by atoms with E-state index in [0.717, 1.165) is 6.42 Å². The van der Waals surface area contributed by atoms with Crippen molar-refractivity contribution in [1.29, 1.82) is 0 Å². The van der Waals surface area contributed by atoms with Crippen LogP contribution in [0.25, 0.3) is 0 Å². The summed E-state index contributed by atoms with van der Waals surface area (Å²) in [6, 6.07) is 5.33. The molecule has 3 amide bonds. The Morgan fingerprint density at radius 1 is 1.23 bits per heavy atom. The van der Waals surface area contributed by atoms with Crippen LogP contribution in [0.1, 0.15) is 51.9 Å². The molecule has 3 aliphatic rings. The van der Waals surface area contributed by atoms with Crippen LogP contribution in [0.5, 0.6) is 5.75 Å². The molecule has 0 radical (unpaired) electrons. The van der Waals surface area contributed by atoms with E-state index >= 15 is 0 Å². The maximum Gasteiger partial charge on any atom is 0.324 e. The molecule has 1 aliphatic carbocycles. The van der Waals surface area contributed by atoms with Crippen LogP contribution in [0.2, 0.25) is 5.02 Å². The van der Waals surface area contributed by atoms with Crippen LogP contribution in [-0.4, -0.2) is 49.1 Å². The van der Waals surface area contributed by atoms with E-state index in [-0.39, 0.29) is 24.0 Å². The molecule has 1 aromatic rings. The molecule has 1 atom stereocenters. The molecule has 0 bridgehead atoms. The first-order valence-electron chi connectivity index (χ1n) is 11.5. The first-order valence-corrected chi connectivity index (χ1v) is 11.9. The molecule has 31 heavy (non-hydrogen) atoms. The van der Waals surface area contributed by atoms with Gasteiger partial charge in [-0.25, -0.2) is 4.79 Å². The quantitative estimate of drug-likeness (QED) is 0.679. The van der Waals surface area contributed by atoms with Gasteiger partial charge in [-0.1, -0.05) is 23.3 Å². The van der Waals surface area contributed by atoms with E-state index in [1.165, 1.54) is 31.3 Å². The molecule has 2 aliphatic heterocycles. The lowest BCUT2D eigenvalue weighted by Crippen LogP contribution is -2.52. The summed E-state index contributed by atoms with van der Waals surface area (Å²) in [4.78, 5) is 29.4. The Balaban J connectivity index is 1.28. The van der Waals surface area contributed by atoms with E-state index in [4.69, 9.17) is 16.3 Å². The lowest BCUT2D eigenvalue weighted by molar-refractivity contribution is -0.126. The number of hydrogen-bond acceptors (Lipinski definition) is 3. The third-order valence-electron chi connectivity index (χ3n) is 6.48. The summed E-state index contributed by atoms with van der Waals surface area (Å²) < 4.78 is 5.86. The number of benzene rings is 1. The fourth-order valence-corrected chi connectivity index (χ4v) is 4.88. The van der Waals surface area contributed by atoms with E-state index in [1.54, 1.807) is 17.0 Å². The van der Waals surface area contributed by atoms with E-state index in [0.29, 0.717) is 55.5 Å². The van der Waals surface area contributed by atoms with Gasteiger partial charge in [0.25, 0.3) is 0 Å². The van der Waals surface area contributed by atoms with Crippen molar-refractivity contribution >= 4 is 29.2 Å². The monoisotopic (exact) mass is 445 g/mol. The number of urea groups is 1. The fraction of sp³-hybridized carbons (Fsp3) is 0.583. The zero-order valence-corrected chi connectivity index (χ0v) is 19.0. The second-order valence-electron chi connectivity index (χ2n) is 8.84. The molecular formula is C24H32ClN3O3. The predicted molar refractivity (Wildman–Crippen MR) is 123 cm³/mol. The number of fused-ring (bicyclic) bond motifs is 1. The molecule has 1 N–H and O–H groups in total. The molecule has 2 heterocycles. The Hall–Kier alpha value is -2.21. The van der Waals surface area contributed by atoms with E-state index < -0.39 is 0 Å². The van der Waals surface area contributed by atoms with Gasteiger partial charge in [-0.3, -0.25) is 9.69 Å². The van der Waals surface area contributed by atoms with Gasteiger partial charge in [0.05, 0.1) is 12.2 Å². The van der Waals surface area contributed by atoms with E-state index in [9.17, 15) is 9.59 Å². The SMILES string of the molecule is C[C@H]1CN(C(=O)N2CCC(C(=O)NCCC3=CCCCC3)CC2)c2cc(Cl)ccc2O1. The number of allylic oxidation sites excluding steroid dienone is 1. The lowest BCUT2D eigenvalue weighted by Gasteiger charge is -2.39. The summed E-state index contributed by atoms with van der Waals surface area (Å²) >= 11 is 6.16. The highest BCUT2D eigenvalue weighted by atomic mass is 35.5. The van der Waals surface area contributed by atoms with Crippen molar-refractivity contribution in [2.45, 2.75) is 58.0 Å². The summed E-state index contributed by atoms with van der Waals surface area (Å²) in [5.74, 6) is 0.786. The number of rotatable bonds is 4. The summed E-state index contributed by atoms with van der Waals surface area (Å²) in [7, 11) is 0. The normalized spacial score (nSPS) is 21.7. The van der Waals surface area contributed by atoms with Gasteiger partial charge in [-0.15, -0.1) is 0 Å². The average molecular weight is 446 g/mol. The van der Waals surface area contributed by atoms with Crippen LogP contribution in [0, 0.1) is 5.92 Å². The molecule has 168 valence electrons. The predicted octanol–water partition coefficient (Wildman–Crippen LogP) is 4.77. The Labute approximate surface area is 189 Å². The second kappa shape index (κ2) is 9.94. The van der Waals surface area contributed by atoms with Gasteiger partial charge < -0.3 is 15.0 Å². The topological polar surface area (TPSA) is 61.9 Å². The number of amides is 3. The molecule has 0 spiro atoms. The Kier molecular flexibility index (Phi) is 7.06. The number of piperidine rings is 1. The van der Waals surface area contributed by atoms with Crippen molar-refractivity contribution in [2.24, 2.45) is 5.92 Å². The molecule has 0 aromatic heterocycles. The highest BCUT2D eigenvalue weighted by Crippen LogP contribution is 2.36. The second-order valence-corrected chi connectivity index (χ2v) is 9.28. The minimum atomic E-state index is -0.0831. The molecule has 1 saturated heterocycles. The highest BCUT2D eigenvalue weighted by Gasteiger charge is 2.34. The molecule has 0 unspecified atom stereocenters. The van der Waals surface area contributed by atoms with Gasteiger partial charge in [0, 0.05) is 30.6 Å². The third-order valence-corrected chi connectivity index (χ3v) is 6.71. The minimum absolute atomic E-state index is 0.0188. The molecule has 1 fully saturated rings. The van der Waals surface area contributed by atoms with Crippen molar-refractivity contribution < 1.29 is 14.3 Å². The summed E-state index contributed by atoms with van der Waals surface area (Å²) in [5, 5.41) is 3.69. The standard InChI is InChI=1S/C24H32ClN3O3/c1-17-16-28(21-15-20(25)7-8-22(21)31-17)24(30)27-13-10-19(11-14-27)23(29)26-12-9-18-5-3-2-4-6-18/h5,7-8,15,17,19H,2-4,6,9-14,16H2,1H3,(H,26,29)/t17-/m0/s1. The Morgan fingerprint density at radius 2 is 2.03 bits per heavy atom. The number of nitrogens with zero attached hydrogens (tertiary/aromatic N) is 2. The van der Waals surface area contributed by atoms with Crippen molar-refractivity contribution in [3.05, 3.63) is 34.9 Å². The maximum absolute atomic E-state index is 13.2. The summed E-state index contributed by atoms with van der Waals surface area (Å²) in [5.41, 5.74) is 2.19. The zero-order chi connectivity index (χ0) is 21.8. The minimum Gasteiger partial charge on any atom is -0.487 e. The van der Waals surface area contributed by atoms with Crippen LogP contribution in [-0.2, 0) is 4.79 Å². The number of ether oxygens (including phenoxy) is 1. The van der Waals surface area contributed by atoms with Crippen LogP contribution < -0.4 is 15.0 Å². The number of carbonyl (C=O) groups is 2. The van der Waals surface area contributed by atoms with Gasteiger partial charge in [0.1, 0.15) is 11.9 Å². The first kappa shape index (κ1) is 22.0. The van der Waals surface area contributed by atoms with Gasteiger partial charge in [0.15, 0.2) is 0 Å². The number of anilines is 1. The van der Waals surface area contributed by atoms with Crippen molar-refractivity contribution in [3.8, 4) is 5.75 Å².